The van der Waals surface area contributed by atoms with Gasteiger partial charge in [0.2, 0.25) is 0 Å². The predicted molar refractivity (Wildman–Crippen MR) is 96.4 cm³/mol. The highest BCUT2D eigenvalue weighted by atomic mass is 32.1. The monoisotopic (exact) mass is 356 g/mol. The molecule has 0 aliphatic carbocycles. The molecule has 0 saturated carbocycles. The Bertz CT molecular complexity index is 788. The van der Waals surface area contributed by atoms with Crippen molar-refractivity contribution in [3.05, 3.63) is 51.7 Å². The summed E-state index contributed by atoms with van der Waals surface area (Å²) in [6.07, 6.45) is 1.66. The Labute approximate surface area is 150 Å². The van der Waals surface area contributed by atoms with Gasteiger partial charge >= 0.3 is 0 Å². The van der Waals surface area contributed by atoms with Crippen molar-refractivity contribution in [1.82, 2.24) is 9.80 Å². The molecule has 2 amide bonds. The van der Waals surface area contributed by atoms with Gasteiger partial charge in [-0.25, -0.2) is 0 Å². The van der Waals surface area contributed by atoms with E-state index in [9.17, 15) is 9.59 Å². The third-order valence-corrected chi connectivity index (χ3v) is 5.60. The van der Waals surface area contributed by atoms with Gasteiger partial charge in [0.25, 0.3) is 11.8 Å². The average Bonchev–Trinajstić information content (AvgIpc) is 3.27. The van der Waals surface area contributed by atoms with Crippen LogP contribution in [-0.2, 0) is 6.42 Å². The Balaban J connectivity index is 1.44. The average molecular weight is 356 g/mol. The first-order valence-electron chi connectivity index (χ1n) is 8.60. The smallest absolute Gasteiger partial charge is 0.263 e. The Morgan fingerprint density at radius 2 is 1.80 bits per heavy atom. The number of hydrogen-bond donors (Lipinski definition) is 0. The topological polar surface area (TPSA) is 49.9 Å². The zero-order chi connectivity index (χ0) is 17.2. The lowest BCUT2D eigenvalue weighted by atomic mass is 10.1. The van der Waals surface area contributed by atoms with Crippen LogP contribution in [0.4, 0.5) is 0 Å². The van der Waals surface area contributed by atoms with Crippen LogP contribution in [0, 0.1) is 0 Å². The fraction of sp³-hybridized carbons (Fsp3) is 0.368. The fourth-order valence-corrected chi connectivity index (χ4v) is 4.07. The van der Waals surface area contributed by atoms with E-state index in [2.05, 4.69) is 0 Å². The van der Waals surface area contributed by atoms with E-state index in [0.717, 1.165) is 29.0 Å². The lowest BCUT2D eigenvalue weighted by Crippen LogP contribution is -2.37. The summed E-state index contributed by atoms with van der Waals surface area (Å²) in [4.78, 5) is 29.8. The third-order valence-electron chi connectivity index (χ3n) is 4.74. The van der Waals surface area contributed by atoms with Gasteiger partial charge in [-0.3, -0.25) is 9.59 Å². The second-order valence-corrected chi connectivity index (χ2v) is 7.28. The van der Waals surface area contributed by atoms with E-state index in [1.54, 1.807) is 0 Å². The van der Waals surface area contributed by atoms with Crippen molar-refractivity contribution in [2.45, 2.75) is 12.8 Å². The molecule has 6 heteroatoms. The highest BCUT2D eigenvalue weighted by Crippen LogP contribution is 2.26. The van der Waals surface area contributed by atoms with Crippen LogP contribution in [0.15, 0.2) is 35.7 Å². The van der Waals surface area contributed by atoms with Crippen molar-refractivity contribution in [3.8, 4) is 5.75 Å². The summed E-state index contributed by atoms with van der Waals surface area (Å²) in [5, 5.41) is 1.92. The molecule has 4 rings (SSSR count). The standard InChI is InChI=1S/C19H20N2O3S/c22-18(15-4-5-16-14(13-15)6-11-24-16)20-7-2-8-21(10-9-20)19(23)17-3-1-12-25-17/h1,3-5,12-13H,2,6-11H2. The van der Waals surface area contributed by atoms with Crippen molar-refractivity contribution >= 4 is 23.2 Å². The Kier molecular flexibility index (Phi) is 4.44. The molecule has 2 aromatic rings. The highest BCUT2D eigenvalue weighted by molar-refractivity contribution is 7.12. The van der Waals surface area contributed by atoms with Crippen LogP contribution < -0.4 is 4.74 Å². The van der Waals surface area contributed by atoms with Gasteiger partial charge in [-0.15, -0.1) is 11.3 Å². The van der Waals surface area contributed by atoms with Crippen molar-refractivity contribution in [2.24, 2.45) is 0 Å². The maximum absolute atomic E-state index is 12.8. The molecule has 0 N–H and O–H groups in total. The first-order chi connectivity index (χ1) is 12.2. The maximum atomic E-state index is 12.8. The van der Waals surface area contributed by atoms with Crippen LogP contribution >= 0.6 is 11.3 Å². The molecule has 1 aromatic carbocycles. The molecular formula is C19H20N2O3S. The zero-order valence-electron chi connectivity index (χ0n) is 13.9. The molecule has 2 aliphatic heterocycles. The second-order valence-electron chi connectivity index (χ2n) is 6.34. The summed E-state index contributed by atoms with van der Waals surface area (Å²) in [6.45, 7) is 3.22. The normalized spacial score (nSPS) is 17.0. The largest absolute Gasteiger partial charge is 0.493 e. The molecule has 1 saturated heterocycles. The molecule has 2 aliphatic rings. The quantitative estimate of drug-likeness (QED) is 0.831. The molecule has 130 valence electrons. The predicted octanol–water partition coefficient (Wildman–Crippen LogP) is 2.67. The van der Waals surface area contributed by atoms with Gasteiger partial charge in [-0.2, -0.15) is 0 Å². The summed E-state index contributed by atoms with van der Waals surface area (Å²) in [7, 11) is 0. The number of hydrogen-bond acceptors (Lipinski definition) is 4. The molecule has 1 fully saturated rings. The SMILES string of the molecule is O=C(c1ccc2c(c1)CCO2)N1CCCN(C(=O)c2cccs2)CC1. The van der Waals surface area contributed by atoms with Gasteiger partial charge in [0.1, 0.15) is 5.75 Å². The van der Waals surface area contributed by atoms with E-state index in [-0.39, 0.29) is 11.8 Å². The Hall–Kier alpha value is -2.34. The molecule has 0 unspecified atom stereocenters. The Morgan fingerprint density at radius 1 is 1.00 bits per heavy atom. The summed E-state index contributed by atoms with van der Waals surface area (Å²) in [6, 6.07) is 9.42. The number of carbonyl (C=O) groups is 2. The second kappa shape index (κ2) is 6.88. The zero-order valence-corrected chi connectivity index (χ0v) is 14.8. The lowest BCUT2D eigenvalue weighted by molar-refractivity contribution is 0.0721. The molecule has 0 radical (unpaired) electrons. The number of benzene rings is 1. The first-order valence-corrected chi connectivity index (χ1v) is 9.48. The minimum Gasteiger partial charge on any atom is -0.493 e. The molecule has 0 bridgehead atoms. The molecule has 5 nitrogen and oxygen atoms in total. The van der Waals surface area contributed by atoms with E-state index in [1.165, 1.54) is 11.3 Å². The molecule has 3 heterocycles. The van der Waals surface area contributed by atoms with Crippen molar-refractivity contribution in [2.75, 3.05) is 32.8 Å². The summed E-state index contributed by atoms with van der Waals surface area (Å²) >= 11 is 1.46. The minimum absolute atomic E-state index is 0.0418. The van der Waals surface area contributed by atoms with Gasteiger partial charge in [0.05, 0.1) is 11.5 Å². The number of rotatable bonds is 2. The first kappa shape index (κ1) is 16.1. The molecular weight excluding hydrogens is 336 g/mol. The van der Waals surface area contributed by atoms with Crippen molar-refractivity contribution in [3.63, 3.8) is 0 Å². The number of amides is 2. The maximum Gasteiger partial charge on any atom is 0.263 e. The Morgan fingerprint density at radius 3 is 2.56 bits per heavy atom. The van der Waals surface area contributed by atoms with Crippen molar-refractivity contribution in [1.29, 1.82) is 0 Å². The highest BCUT2D eigenvalue weighted by Gasteiger charge is 2.24. The number of fused-ring (bicyclic) bond motifs is 1. The van der Waals surface area contributed by atoms with Crippen LogP contribution in [0.1, 0.15) is 32.0 Å². The third kappa shape index (κ3) is 3.26. The van der Waals surface area contributed by atoms with Crippen LogP contribution in [0.5, 0.6) is 5.75 Å². The van der Waals surface area contributed by atoms with E-state index < -0.39 is 0 Å². The van der Waals surface area contributed by atoms with Gasteiger partial charge in [-0.05, 0) is 41.6 Å². The van der Waals surface area contributed by atoms with Crippen LogP contribution in [-0.4, -0.2) is 54.4 Å². The van der Waals surface area contributed by atoms with E-state index in [4.69, 9.17) is 4.74 Å². The van der Waals surface area contributed by atoms with E-state index in [1.807, 2.05) is 45.5 Å². The van der Waals surface area contributed by atoms with Gasteiger partial charge in [0.15, 0.2) is 0 Å². The molecule has 1 aromatic heterocycles. The van der Waals surface area contributed by atoms with Crippen LogP contribution in [0.25, 0.3) is 0 Å². The lowest BCUT2D eigenvalue weighted by Gasteiger charge is -2.22. The van der Waals surface area contributed by atoms with Crippen LogP contribution in [0.2, 0.25) is 0 Å². The molecule has 0 atom stereocenters. The van der Waals surface area contributed by atoms with Gasteiger partial charge < -0.3 is 14.5 Å². The van der Waals surface area contributed by atoms with E-state index >= 15 is 0 Å². The van der Waals surface area contributed by atoms with Gasteiger partial charge in [0, 0.05) is 38.2 Å². The molecule has 0 spiro atoms. The number of thiophene rings is 1. The summed E-state index contributed by atoms with van der Waals surface area (Å²) in [5.74, 6) is 0.999. The number of nitrogens with zero attached hydrogens (tertiary/aromatic N) is 2. The minimum atomic E-state index is 0.0418. The summed E-state index contributed by atoms with van der Waals surface area (Å²) < 4.78 is 5.51. The summed E-state index contributed by atoms with van der Waals surface area (Å²) in [5.41, 5.74) is 1.82. The number of carbonyl (C=O) groups excluding carboxylic acids is 2. The van der Waals surface area contributed by atoms with Gasteiger partial charge in [-0.1, -0.05) is 6.07 Å². The van der Waals surface area contributed by atoms with E-state index in [0.29, 0.717) is 38.3 Å². The van der Waals surface area contributed by atoms with Crippen molar-refractivity contribution < 1.29 is 14.3 Å². The number of ether oxygens (including phenoxy) is 1. The fourth-order valence-electron chi connectivity index (χ4n) is 3.38. The van der Waals surface area contributed by atoms with Crippen LogP contribution in [0.3, 0.4) is 0 Å². The molecule has 25 heavy (non-hydrogen) atoms.